The third-order valence-electron chi connectivity index (χ3n) is 2.75. The quantitative estimate of drug-likeness (QED) is 0.580. The van der Waals surface area contributed by atoms with E-state index in [0.29, 0.717) is 11.4 Å². The molecule has 0 bridgehead atoms. The third-order valence-corrected chi connectivity index (χ3v) is 2.75. The van der Waals surface area contributed by atoms with E-state index in [9.17, 15) is 10.1 Å². The van der Waals surface area contributed by atoms with Crippen LogP contribution in [-0.2, 0) is 0 Å². The van der Waals surface area contributed by atoms with Gasteiger partial charge in [0, 0.05) is 12.4 Å². The molecule has 0 aromatic carbocycles. The molecular formula is C13H9N5O2. The Morgan fingerprint density at radius 3 is 2.20 bits per heavy atom. The minimum absolute atomic E-state index is 0.123. The van der Waals surface area contributed by atoms with E-state index in [4.69, 9.17) is 0 Å². The standard InChI is InChI=1S/C13H9N5O2/c19-18(20)13-11(9-5-1-3-7-14-9)16-17-12(13)10-6-2-4-8-15-10/h1-8H,(H,16,17). The van der Waals surface area contributed by atoms with Crippen LogP contribution in [0.4, 0.5) is 5.69 Å². The molecule has 20 heavy (non-hydrogen) atoms. The van der Waals surface area contributed by atoms with Gasteiger partial charge in [0.15, 0.2) is 11.4 Å². The normalized spacial score (nSPS) is 10.4. The molecule has 0 fully saturated rings. The molecular weight excluding hydrogens is 258 g/mol. The van der Waals surface area contributed by atoms with Crippen LogP contribution in [0.3, 0.4) is 0 Å². The van der Waals surface area contributed by atoms with Crippen molar-refractivity contribution in [3.8, 4) is 22.8 Å². The van der Waals surface area contributed by atoms with E-state index in [2.05, 4.69) is 20.2 Å². The van der Waals surface area contributed by atoms with Crippen LogP contribution >= 0.6 is 0 Å². The average molecular weight is 267 g/mol. The molecule has 0 saturated heterocycles. The van der Waals surface area contributed by atoms with Gasteiger partial charge in [-0.15, -0.1) is 0 Å². The number of aromatic nitrogens is 4. The summed E-state index contributed by atoms with van der Waals surface area (Å²) in [6.07, 6.45) is 3.13. The van der Waals surface area contributed by atoms with Crippen molar-refractivity contribution >= 4 is 5.69 Å². The Balaban J connectivity index is 2.20. The van der Waals surface area contributed by atoms with Crippen LogP contribution in [0.25, 0.3) is 22.8 Å². The number of nitrogens with zero attached hydrogens (tertiary/aromatic N) is 4. The second-order valence-electron chi connectivity index (χ2n) is 3.98. The lowest BCUT2D eigenvalue weighted by atomic mass is 10.2. The highest BCUT2D eigenvalue weighted by Gasteiger charge is 2.27. The van der Waals surface area contributed by atoms with Gasteiger partial charge in [-0.2, -0.15) is 5.10 Å². The summed E-state index contributed by atoms with van der Waals surface area (Å²) in [5.41, 5.74) is 1.27. The highest BCUT2D eigenvalue weighted by molar-refractivity contribution is 5.78. The lowest BCUT2D eigenvalue weighted by Crippen LogP contribution is -1.93. The molecule has 3 heterocycles. The summed E-state index contributed by atoms with van der Waals surface area (Å²) in [6.45, 7) is 0. The lowest BCUT2D eigenvalue weighted by molar-refractivity contribution is -0.383. The third kappa shape index (κ3) is 2.01. The van der Waals surface area contributed by atoms with Gasteiger partial charge in [0.1, 0.15) is 0 Å². The zero-order valence-electron chi connectivity index (χ0n) is 10.2. The fraction of sp³-hybridized carbons (Fsp3) is 0. The Hall–Kier alpha value is -3.09. The minimum atomic E-state index is -0.475. The van der Waals surface area contributed by atoms with Crippen molar-refractivity contribution in [2.45, 2.75) is 0 Å². The Morgan fingerprint density at radius 2 is 1.65 bits per heavy atom. The molecule has 0 radical (unpaired) electrons. The van der Waals surface area contributed by atoms with Gasteiger partial charge < -0.3 is 0 Å². The summed E-state index contributed by atoms with van der Waals surface area (Å²) in [5, 5.41) is 18.0. The summed E-state index contributed by atoms with van der Waals surface area (Å²) >= 11 is 0. The van der Waals surface area contributed by atoms with Crippen LogP contribution in [0.2, 0.25) is 0 Å². The first-order chi connectivity index (χ1) is 9.77. The Bertz CT molecular complexity index is 683. The molecule has 3 aromatic heterocycles. The Morgan fingerprint density at radius 1 is 1.00 bits per heavy atom. The van der Waals surface area contributed by atoms with Crippen molar-refractivity contribution < 1.29 is 4.92 Å². The number of rotatable bonds is 3. The Kier molecular flexibility index (Phi) is 2.92. The molecule has 1 N–H and O–H groups in total. The monoisotopic (exact) mass is 267 g/mol. The topological polar surface area (TPSA) is 97.6 Å². The van der Waals surface area contributed by atoms with Crippen LogP contribution in [0, 0.1) is 10.1 Å². The number of pyridine rings is 2. The molecule has 0 aliphatic carbocycles. The molecule has 98 valence electrons. The van der Waals surface area contributed by atoms with Gasteiger partial charge in [0.05, 0.1) is 16.3 Å². The van der Waals surface area contributed by atoms with E-state index in [0.717, 1.165) is 0 Å². The molecule has 0 unspecified atom stereocenters. The molecule has 7 nitrogen and oxygen atoms in total. The summed E-state index contributed by atoms with van der Waals surface area (Å²) in [6, 6.07) is 10.3. The van der Waals surface area contributed by atoms with Crippen molar-refractivity contribution in [2.24, 2.45) is 0 Å². The van der Waals surface area contributed by atoms with E-state index < -0.39 is 4.92 Å². The molecule has 0 spiro atoms. The molecule has 7 heteroatoms. The van der Waals surface area contributed by atoms with Crippen molar-refractivity contribution in [3.63, 3.8) is 0 Å². The van der Waals surface area contributed by atoms with Crippen LogP contribution in [0.1, 0.15) is 0 Å². The number of nitro groups is 1. The molecule has 0 aliphatic rings. The predicted octanol–water partition coefficient (Wildman–Crippen LogP) is 2.44. The largest absolute Gasteiger partial charge is 0.325 e. The SMILES string of the molecule is O=[N+]([O-])c1c(-c2ccccn2)n[nH]c1-c1ccccn1. The molecule has 3 aromatic rings. The number of nitrogens with one attached hydrogen (secondary N) is 1. The molecule has 0 saturated carbocycles. The number of aromatic amines is 1. The summed E-state index contributed by atoms with van der Waals surface area (Å²) in [4.78, 5) is 19.1. The minimum Gasteiger partial charge on any atom is -0.269 e. The summed E-state index contributed by atoms with van der Waals surface area (Å²) < 4.78 is 0. The first-order valence-electron chi connectivity index (χ1n) is 5.83. The zero-order valence-corrected chi connectivity index (χ0v) is 10.2. The van der Waals surface area contributed by atoms with Crippen molar-refractivity contribution in [1.29, 1.82) is 0 Å². The second-order valence-corrected chi connectivity index (χ2v) is 3.98. The van der Waals surface area contributed by atoms with E-state index in [1.165, 1.54) is 0 Å². The van der Waals surface area contributed by atoms with Gasteiger partial charge in [-0.05, 0) is 24.3 Å². The fourth-order valence-electron chi connectivity index (χ4n) is 1.88. The molecule has 0 atom stereocenters. The van der Waals surface area contributed by atoms with Crippen LogP contribution in [0.5, 0.6) is 0 Å². The summed E-state index contributed by atoms with van der Waals surface area (Å²) in [7, 11) is 0. The fourth-order valence-corrected chi connectivity index (χ4v) is 1.88. The van der Waals surface area contributed by atoms with Gasteiger partial charge in [0.25, 0.3) is 0 Å². The maximum atomic E-state index is 11.3. The maximum absolute atomic E-state index is 11.3. The Labute approximate surface area is 113 Å². The second kappa shape index (κ2) is 4.88. The highest BCUT2D eigenvalue weighted by Crippen LogP contribution is 2.34. The number of H-pyrrole nitrogens is 1. The maximum Gasteiger partial charge on any atom is 0.325 e. The van der Waals surface area contributed by atoms with Gasteiger partial charge >= 0.3 is 5.69 Å². The van der Waals surface area contributed by atoms with Crippen LogP contribution in [-0.4, -0.2) is 25.1 Å². The van der Waals surface area contributed by atoms with E-state index in [-0.39, 0.29) is 17.1 Å². The number of hydrogen-bond acceptors (Lipinski definition) is 5. The van der Waals surface area contributed by atoms with Crippen LogP contribution < -0.4 is 0 Å². The first kappa shape index (κ1) is 12.0. The van der Waals surface area contributed by atoms with Gasteiger partial charge in [-0.3, -0.25) is 25.2 Å². The molecule has 3 rings (SSSR count). The van der Waals surface area contributed by atoms with Gasteiger partial charge in [-0.1, -0.05) is 12.1 Å². The molecule has 0 aliphatic heterocycles. The van der Waals surface area contributed by atoms with Gasteiger partial charge in [0.2, 0.25) is 0 Å². The lowest BCUT2D eigenvalue weighted by Gasteiger charge is -1.97. The van der Waals surface area contributed by atoms with Crippen LogP contribution in [0.15, 0.2) is 48.8 Å². The smallest absolute Gasteiger partial charge is 0.269 e. The first-order valence-corrected chi connectivity index (χ1v) is 5.83. The van der Waals surface area contributed by atoms with Gasteiger partial charge in [-0.25, -0.2) is 0 Å². The molecule has 0 amide bonds. The van der Waals surface area contributed by atoms with Crippen molar-refractivity contribution in [1.82, 2.24) is 20.2 Å². The zero-order chi connectivity index (χ0) is 13.9. The highest BCUT2D eigenvalue weighted by atomic mass is 16.6. The number of hydrogen-bond donors (Lipinski definition) is 1. The van der Waals surface area contributed by atoms with E-state index >= 15 is 0 Å². The van der Waals surface area contributed by atoms with Crippen molar-refractivity contribution in [2.75, 3.05) is 0 Å². The van der Waals surface area contributed by atoms with E-state index in [1.807, 2.05) is 0 Å². The predicted molar refractivity (Wildman–Crippen MR) is 71.7 cm³/mol. The average Bonchev–Trinajstić information content (AvgIpc) is 2.94. The van der Waals surface area contributed by atoms with Crippen molar-refractivity contribution in [3.05, 3.63) is 58.9 Å². The van der Waals surface area contributed by atoms with E-state index in [1.54, 1.807) is 48.8 Å². The summed E-state index contributed by atoms with van der Waals surface area (Å²) in [5.74, 6) is 0.